The first-order chi connectivity index (χ1) is 7.81. The smallest absolute Gasteiger partial charge is 0.372 e. The van der Waals surface area contributed by atoms with Crippen LogP contribution in [0.5, 0.6) is 0 Å². The molecule has 1 unspecified atom stereocenters. The molecule has 0 saturated heterocycles. The standard InChI is InChI=1S/C10H14F3IN2O/c1-3-7(2)17-5-9-8(14)4-16(15-9)6-10(11,12)13/h4,7H,3,5-6H2,1-2H3. The third-order valence-electron chi connectivity index (χ3n) is 2.21. The number of nitrogens with zero attached hydrogens (tertiary/aromatic N) is 2. The summed E-state index contributed by atoms with van der Waals surface area (Å²) in [5.41, 5.74) is 0.551. The molecule has 0 saturated carbocycles. The van der Waals surface area contributed by atoms with Gasteiger partial charge in [0.1, 0.15) is 12.2 Å². The molecule has 0 amide bonds. The van der Waals surface area contributed by atoms with Gasteiger partial charge in [-0.25, -0.2) is 0 Å². The molecule has 0 aliphatic rings. The van der Waals surface area contributed by atoms with Crippen LogP contribution >= 0.6 is 22.6 Å². The van der Waals surface area contributed by atoms with Crippen LogP contribution in [-0.4, -0.2) is 22.1 Å². The highest BCUT2D eigenvalue weighted by Crippen LogP contribution is 2.19. The van der Waals surface area contributed by atoms with Gasteiger partial charge in [-0.3, -0.25) is 4.68 Å². The Balaban J connectivity index is 2.62. The summed E-state index contributed by atoms with van der Waals surface area (Å²) in [5, 5.41) is 3.87. The summed E-state index contributed by atoms with van der Waals surface area (Å²) in [6.07, 6.45) is -1.92. The van der Waals surface area contributed by atoms with Gasteiger partial charge in [0.25, 0.3) is 0 Å². The second-order valence-corrected chi connectivity index (χ2v) is 4.93. The van der Waals surface area contributed by atoms with Crippen molar-refractivity contribution < 1.29 is 17.9 Å². The lowest BCUT2D eigenvalue weighted by molar-refractivity contribution is -0.142. The topological polar surface area (TPSA) is 27.1 Å². The van der Waals surface area contributed by atoms with Gasteiger partial charge in [-0.1, -0.05) is 6.92 Å². The number of hydrogen-bond donors (Lipinski definition) is 0. The number of aromatic nitrogens is 2. The van der Waals surface area contributed by atoms with Crippen molar-refractivity contribution in [3.05, 3.63) is 15.5 Å². The van der Waals surface area contributed by atoms with Crippen LogP contribution in [0.4, 0.5) is 13.2 Å². The molecule has 3 nitrogen and oxygen atoms in total. The quantitative estimate of drug-likeness (QED) is 0.752. The molecule has 0 bridgehead atoms. The van der Waals surface area contributed by atoms with Crippen LogP contribution in [0.3, 0.4) is 0 Å². The highest BCUT2D eigenvalue weighted by atomic mass is 127. The number of alkyl halides is 3. The Morgan fingerprint density at radius 1 is 1.53 bits per heavy atom. The van der Waals surface area contributed by atoms with Gasteiger partial charge in [-0.15, -0.1) is 0 Å². The summed E-state index contributed by atoms with van der Waals surface area (Å²) >= 11 is 1.96. The van der Waals surface area contributed by atoms with E-state index >= 15 is 0 Å². The van der Waals surface area contributed by atoms with Gasteiger partial charge in [0.15, 0.2) is 0 Å². The van der Waals surface area contributed by atoms with Crippen molar-refractivity contribution in [2.45, 2.75) is 45.7 Å². The average molecular weight is 362 g/mol. The van der Waals surface area contributed by atoms with Crippen LogP contribution in [0.2, 0.25) is 0 Å². The minimum atomic E-state index is -4.25. The van der Waals surface area contributed by atoms with Crippen LogP contribution in [0.15, 0.2) is 6.20 Å². The van der Waals surface area contributed by atoms with Gasteiger partial charge in [-0.05, 0) is 35.9 Å². The van der Waals surface area contributed by atoms with E-state index in [0.29, 0.717) is 9.26 Å². The van der Waals surface area contributed by atoms with Crippen molar-refractivity contribution in [2.24, 2.45) is 0 Å². The largest absolute Gasteiger partial charge is 0.408 e. The van der Waals surface area contributed by atoms with Crippen LogP contribution < -0.4 is 0 Å². The SMILES string of the molecule is CCC(C)OCc1nn(CC(F)(F)F)cc1I. The zero-order chi connectivity index (χ0) is 13.1. The molecule has 0 fully saturated rings. The van der Waals surface area contributed by atoms with Crippen LogP contribution in [-0.2, 0) is 17.9 Å². The second-order valence-electron chi connectivity index (χ2n) is 3.77. The maximum atomic E-state index is 12.2. The molecular weight excluding hydrogens is 348 g/mol. The summed E-state index contributed by atoms with van der Waals surface area (Å²) in [6.45, 7) is 3.09. The molecule has 17 heavy (non-hydrogen) atoms. The van der Waals surface area contributed by atoms with E-state index in [1.807, 2.05) is 36.4 Å². The van der Waals surface area contributed by atoms with Crippen molar-refractivity contribution in [1.82, 2.24) is 9.78 Å². The van der Waals surface area contributed by atoms with E-state index in [2.05, 4.69) is 5.10 Å². The molecule has 1 atom stereocenters. The molecule has 1 heterocycles. The van der Waals surface area contributed by atoms with Crippen molar-refractivity contribution in [1.29, 1.82) is 0 Å². The molecule has 0 radical (unpaired) electrons. The lowest BCUT2D eigenvalue weighted by Gasteiger charge is -2.09. The summed E-state index contributed by atoms with van der Waals surface area (Å²) in [4.78, 5) is 0. The van der Waals surface area contributed by atoms with E-state index in [-0.39, 0.29) is 12.7 Å². The number of hydrogen-bond acceptors (Lipinski definition) is 2. The predicted octanol–water partition coefficient (Wildman–Crippen LogP) is 3.37. The molecule has 0 aliphatic heterocycles. The Labute approximate surface area is 111 Å². The summed E-state index contributed by atoms with van der Waals surface area (Å²) < 4.78 is 43.5. The minimum Gasteiger partial charge on any atom is -0.372 e. The van der Waals surface area contributed by atoms with Gasteiger partial charge in [-0.2, -0.15) is 18.3 Å². The van der Waals surface area contributed by atoms with Gasteiger partial charge in [0.05, 0.1) is 16.3 Å². The van der Waals surface area contributed by atoms with E-state index in [9.17, 15) is 13.2 Å². The Hall–Kier alpha value is -0.310. The van der Waals surface area contributed by atoms with Crippen molar-refractivity contribution in [3.8, 4) is 0 Å². The second kappa shape index (κ2) is 6.03. The number of rotatable bonds is 5. The van der Waals surface area contributed by atoms with Crippen molar-refractivity contribution in [3.63, 3.8) is 0 Å². The first-order valence-electron chi connectivity index (χ1n) is 5.22. The highest BCUT2D eigenvalue weighted by Gasteiger charge is 2.28. The summed E-state index contributed by atoms with van der Waals surface area (Å²) in [5.74, 6) is 0. The summed E-state index contributed by atoms with van der Waals surface area (Å²) in [7, 11) is 0. The molecule has 98 valence electrons. The summed E-state index contributed by atoms with van der Waals surface area (Å²) in [6, 6.07) is 0. The average Bonchev–Trinajstić information content (AvgIpc) is 2.52. The van der Waals surface area contributed by atoms with Crippen LogP contribution in [0.25, 0.3) is 0 Å². The Morgan fingerprint density at radius 2 is 2.18 bits per heavy atom. The lowest BCUT2D eigenvalue weighted by Crippen LogP contribution is -2.18. The van der Waals surface area contributed by atoms with E-state index in [1.165, 1.54) is 6.20 Å². The maximum absolute atomic E-state index is 12.2. The zero-order valence-corrected chi connectivity index (χ0v) is 11.7. The molecule has 0 spiro atoms. The normalized spacial score (nSPS) is 14.0. The fraction of sp³-hybridized carbons (Fsp3) is 0.700. The number of halogens is 4. The molecule has 1 aromatic rings. The molecule has 0 aliphatic carbocycles. The molecule has 7 heteroatoms. The molecule has 1 aromatic heterocycles. The predicted molar refractivity (Wildman–Crippen MR) is 65.5 cm³/mol. The molecule has 1 rings (SSSR count). The van der Waals surface area contributed by atoms with E-state index < -0.39 is 12.7 Å². The fourth-order valence-corrected chi connectivity index (χ4v) is 1.72. The zero-order valence-electron chi connectivity index (χ0n) is 9.59. The van der Waals surface area contributed by atoms with Gasteiger partial charge in [0.2, 0.25) is 0 Å². The van der Waals surface area contributed by atoms with Crippen molar-refractivity contribution in [2.75, 3.05) is 0 Å². The minimum absolute atomic E-state index is 0.0820. The van der Waals surface area contributed by atoms with Gasteiger partial charge >= 0.3 is 6.18 Å². The van der Waals surface area contributed by atoms with E-state index in [1.54, 1.807) is 0 Å². The first-order valence-corrected chi connectivity index (χ1v) is 6.30. The third kappa shape index (κ3) is 5.24. The van der Waals surface area contributed by atoms with Crippen LogP contribution in [0, 0.1) is 3.57 Å². The Bertz CT molecular complexity index is 365. The van der Waals surface area contributed by atoms with E-state index in [0.717, 1.165) is 11.1 Å². The number of ether oxygens (including phenoxy) is 1. The first kappa shape index (κ1) is 14.7. The molecule has 0 N–H and O–H groups in total. The third-order valence-corrected chi connectivity index (χ3v) is 3.11. The fourth-order valence-electron chi connectivity index (χ4n) is 1.14. The van der Waals surface area contributed by atoms with Gasteiger partial charge in [0, 0.05) is 6.20 Å². The highest BCUT2D eigenvalue weighted by molar-refractivity contribution is 14.1. The van der Waals surface area contributed by atoms with Crippen molar-refractivity contribution >= 4 is 22.6 Å². The lowest BCUT2D eigenvalue weighted by atomic mass is 10.3. The van der Waals surface area contributed by atoms with E-state index in [4.69, 9.17) is 4.74 Å². The Kier molecular flexibility index (Phi) is 5.23. The molecular formula is C10H14F3IN2O. The molecule has 0 aromatic carbocycles. The monoisotopic (exact) mass is 362 g/mol. The van der Waals surface area contributed by atoms with Gasteiger partial charge < -0.3 is 4.74 Å². The van der Waals surface area contributed by atoms with Crippen LogP contribution in [0.1, 0.15) is 26.0 Å². The Morgan fingerprint density at radius 3 is 2.71 bits per heavy atom. The maximum Gasteiger partial charge on any atom is 0.408 e.